The fourth-order valence-electron chi connectivity index (χ4n) is 2.20. The number of nitrogens with one attached hydrogen (secondary N) is 1. The largest absolute Gasteiger partial charge is 0.333 e. The highest BCUT2D eigenvalue weighted by atomic mass is 32.2. The summed E-state index contributed by atoms with van der Waals surface area (Å²) in [6.07, 6.45) is 2.15. The van der Waals surface area contributed by atoms with E-state index in [-0.39, 0.29) is 0 Å². The van der Waals surface area contributed by atoms with Gasteiger partial charge in [-0.1, -0.05) is 17.8 Å². The zero-order valence-corrected chi connectivity index (χ0v) is 11.6. The third kappa shape index (κ3) is 2.46. The van der Waals surface area contributed by atoms with Crippen molar-refractivity contribution in [3.63, 3.8) is 0 Å². The minimum Gasteiger partial charge on any atom is -0.333 e. The molecule has 5 heteroatoms. The number of hydrogen-bond donors (Lipinski definition) is 2. The molecule has 1 heterocycles. The van der Waals surface area contributed by atoms with E-state index < -0.39 is 5.54 Å². The van der Waals surface area contributed by atoms with Crippen molar-refractivity contribution in [2.45, 2.75) is 30.5 Å². The summed E-state index contributed by atoms with van der Waals surface area (Å²) in [4.78, 5) is 7.79. The van der Waals surface area contributed by atoms with Crippen LogP contribution < -0.4 is 5.73 Å². The fourth-order valence-corrected chi connectivity index (χ4v) is 3.22. The maximum absolute atomic E-state index is 9.23. The van der Waals surface area contributed by atoms with Crippen LogP contribution in [0.1, 0.15) is 18.4 Å². The molecule has 0 bridgehead atoms. The van der Waals surface area contributed by atoms with Crippen molar-refractivity contribution in [3.05, 3.63) is 23.8 Å². The van der Waals surface area contributed by atoms with Gasteiger partial charge in [0.05, 0.1) is 17.1 Å². The molecule has 1 aliphatic carbocycles. The molecule has 0 aliphatic heterocycles. The Morgan fingerprint density at radius 2 is 2.37 bits per heavy atom. The first kappa shape index (κ1) is 12.5. The highest BCUT2D eigenvalue weighted by molar-refractivity contribution is 7.99. The number of aryl methyl sites for hydroxylation is 1. The monoisotopic (exact) mass is 272 g/mol. The van der Waals surface area contributed by atoms with E-state index in [2.05, 4.69) is 29.0 Å². The summed E-state index contributed by atoms with van der Waals surface area (Å²) in [6.45, 7) is 2.06. The average molecular weight is 272 g/mol. The van der Waals surface area contributed by atoms with Gasteiger partial charge < -0.3 is 10.7 Å². The summed E-state index contributed by atoms with van der Waals surface area (Å²) < 4.78 is 0. The number of H-pyrrole nitrogens is 1. The van der Waals surface area contributed by atoms with Crippen molar-refractivity contribution in [2.24, 2.45) is 11.7 Å². The number of thioether (sulfide) groups is 1. The van der Waals surface area contributed by atoms with E-state index in [4.69, 9.17) is 5.73 Å². The van der Waals surface area contributed by atoms with Gasteiger partial charge in [-0.3, -0.25) is 0 Å². The zero-order valence-electron chi connectivity index (χ0n) is 10.8. The van der Waals surface area contributed by atoms with Gasteiger partial charge in [0.2, 0.25) is 0 Å². The highest BCUT2D eigenvalue weighted by Gasteiger charge is 2.42. The van der Waals surface area contributed by atoms with Crippen LogP contribution in [0.25, 0.3) is 11.0 Å². The second-order valence-corrected chi connectivity index (χ2v) is 6.24. The first-order chi connectivity index (χ1) is 9.10. The van der Waals surface area contributed by atoms with Gasteiger partial charge in [0, 0.05) is 5.75 Å². The van der Waals surface area contributed by atoms with E-state index >= 15 is 0 Å². The Morgan fingerprint density at radius 1 is 1.58 bits per heavy atom. The van der Waals surface area contributed by atoms with Crippen molar-refractivity contribution < 1.29 is 0 Å². The van der Waals surface area contributed by atoms with Gasteiger partial charge in [-0.05, 0) is 43.4 Å². The van der Waals surface area contributed by atoms with Gasteiger partial charge in [0.25, 0.3) is 0 Å². The number of hydrogen-bond acceptors (Lipinski definition) is 4. The van der Waals surface area contributed by atoms with Crippen LogP contribution >= 0.6 is 11.8 Å². The van der Waals surface area contributed by atoms with Crippen LogP contribution in [0.3, 0.4) is 0 Å². The molecule has 1 fully saturated rings. The SMILES string of the molecule is Cc1ccc2nc(SCC(N)(C#N)C3CC3)[nH]c2c1. The molecule has 3 N–H and O–H groups in total. The average Bonchev–Trinajstić information content (AvgIpc) is 3.17. The molecule has 3 rings (SSSR count). The molecule has 1 aliphatic rings. The van der Waals surface area contributed by atoms with E-state index in [1.807, 2.05) is 12.1 Å². The molecule has 2 aromatic rings. The highest BCUT2D eigenvalue weighted by Crippen LogP contribution is 2.40. The van der Waals surface area contributed by atoms with Crippen molar-refractivity contribution in [1.29, 1.82) is 5.26 Å². The lowest BCUT2D eigenvalue weighted by molar-refractivity contribution is 0.532. The number of nitrogens with zero attached hydrogens (tertiary/aromatic N) is 2. The molecule has 0 spiro atoms. The third-order valence-electron chi connectivity index (χ3n) is 3.58. The summed E-state index contributed by atoms with van der Waals surface area (Å²) in [5.74, 6) is 0.948. The molecule has 1 aromatic carbocycles. The molecule has 0 radical (unpaired) electrons. The third-order valence-corrected chi connectivity index (χ3v) is 4.67. The molecule has 1 aromatic heterocycles. The summed E-state index contributed by atoms with van der Waals surface area (Å²) in [5, 5.41) is 10.1. The molecule has 98 valence electrons. The maximum atomic E-state index is 9.23. The fraction of sp³-hybridized carbons (Fsp3) is 0.429. The van der Waals surface area contributed by atoms with Crippen LogP contribution in [0.2, 0.25) is 0 Å². The first-order valence-corrected chi connectivity index (χ1v) is 7.38. The van der Waals surface area contributed by atoms with Gasteiger partial charge in [-0.15, -0.1) is 0 Å². The maximum Gasteiger partial charge on any atom is 0.166 e. The van der Waals surface area contributed by atoms with Crippen molar-refractivity contribution in [1.82, 2.24) is 9.97 Å². The van der Waals surface area contributed by atoms with Crippen LogP contribution in [0.5, 0.6) is 0 Å². The van der Waals surface area contributed by atoms with Gasteiger partial charge in [0.1, 0.15) is 5.54 Å². The predicted octanol–water partition coefficient (Wildman–Crippen LogP) is 2.59. The smallest absolute Gasteiger partial charge is 0.166 e. The Kier molecular flexibility index (Phi) is 3.00. The standard InChI is InChI=1S/C14H16N4S/c1-9-2-5-11-12(6-9)18-13(17-11)19-8-14(16,7-15)10-3-4-10/h2,5-6,10H,3-4,8,16H2,1H3,(H,17,18). The topological polar surface area (TPSA) is 78.5 Å². The van der Waals surface area contributed by atoms with Crippen LogP contribution in [0.15, 0.2) is 23.4 Å². The Bertz CT molecular complexity index is 653. The molecule has 0 amide bonds. The lowest BCUT2D eigenvalue weighted by Gasteiger charge is -2.19. The minimum absolute atomic E-state index is 0.358. The number of nitriles is 1. The number of nitrogens with two attached hydrogens (primary N) is 1. The van der Waals surface area contributed by atoms with Crippen molar-refractivity contribution in [3.8, 4) is 6.07 Å². The summed E-state index contributed by atoms with van der Waals surface area (Å²) in [5.41, 5.74) is 8.63. The summed E-state index contributed by atoms with van der Waals surface area (Å²) >= 11 is 1.54. The summed E-state index contributed by atoms with van der Waals surface area (Å²) in [6, 6.07) is 8.40. The zero-order chi connectivity index (χ0) is 13.5. The molecule has 1 unspecified atom stereocenters. The predicted molar refractivity (Wildman–Crippen MR) is 76.8 cm³/mol. The lowest BCUT2D eigenvalue weighted by Crippen LogP contribution is -2.43. The van der Waals surface area contributed by atoms with Gasteiger partial charge in [-0.2, -0.15) is 5.26 Å². The number of benzene rings is 1. The molecular weight excluding hydrogens is 256 g/mol. The number of fused-ring (bicyclic) bond motifs is 1. The van der Waals surface area contributed by atoms with Crippen molar-refractivity contribution >= 4 is 22.8 Å². The van der Waals surface area contributed by atoms with Crippen LogP contribution in [0.4, 0.5) is 0 Å². The Labute approximate surface area is 116 Å². The summed E-state index contributed by atoms with van der Waals surface area (Å²) in [7, 11) is 0. The first-order valence-electron chi connectivity index (χ1n) is 6.40. The van der Waals surface area contributed by atoms with Crippen LogP contribution in [0, 0.1) is 24.2 Å². The molecule has 1 atom stereocenters. The second kappa shape index (κ2) is 4.55. The number of imidazole rings is 1. The normalized spacial score (nSPS) is 18.2. The lowest BCUT2D eigenvalue weighted by atomic mass is 10.00. The van der Waals surface area contributed by atoms with E-state index in [0.29, 0.717) is 11.7 Å². The second-order valence-electron chi connectivity index (χ2n) is 5.28. The van der Waals surface area contributed by atoms with Gasteiger partial charge in [-0.25, -0.2) is 4.98 Å². The van der Waals surface area contributed by atoms with E-state index in [1.54, 1.807) is 0 Å². The van der Waals surface area contributed by atoms with E-state index in [9.17, 15) is 5.26 Å². The van der Waals surface area contributed by atoms with Gasteiger partial charge >= 0.3 is 0 Å². The molecular formula is C14H16N4S. The number of rotatable bonds is 4. The quantitative estimate of drug-likeness (QED) is 0.838. The molecule has 19 heavy (non-hydrogen) atoms. The van der Waals surface area contributed by atoms with Crippen LogP contribution in [-0.4, -0.2) is 21.3 Å². The molecule has 0 saturated heterocycles. The number of aromatic amines is 1. The van der Waals surface area contributed by atoms with E-state index in [0.717, 1.165) is 29.0 Å². The van der Waals surface area contributed by atoms with Crippen LogP contribution in [-0.2, 0) is 0 Å². The number of aromatic nitrogens is 2. The Morgan fingerprint density at radius 3 is 3.05 bits per heavy atom. The molecule has 4 nitrogen and oxygen atoms in total. The Hall–Kier alpha value is -1.51. The van der Waals surface area contributed by atoms with Gasteiger partial charge in [0.15, 0.2) is 5.16 Å². The Balaban J connectivity index is 1.76. The molecule has 1 saturated carbocycles. The minimum atomic E-state index is -0.709. The van der Waals surface area contributed by atoms with E-state index in [1.165, 1.54) is 17.3 Å². The van der Waals surface area contributed by atoms with Crippen molar-refractivity contribution in [2.75, 3.05) is 5.75 Å².